The van der Waals surface area contributed by atoms with Crippen LogP contribution in [0.4, 0.5) is 0 Å². The second-order valence-corrected chi connectivity index (χ2v) is 7.60. The van der Waals surface area contributed by atoms with Gasteiger partial charge in [0, 0.05) is 10.6 Å². The number of nitrogens with zero attached hydrogens (tertiary/aromatic N) is 2. The first-order valence-corrected chi connectivity index (χ1v) is 9.59. The van der Waals surface area contributed by atoms with Crippen molar-refractivity contribution in [3.63, 3.8) is 0 Å². The Labute approximate surface area is 173 Å². The van der Waals surface area contributed by atoms with Crippen molar-refractivity contribution in [3.8, 4) is 6.07 Å². The van der Waals surface area contributed by atoms with Gasteiger partial charge in [0.1, 0.15) is 5.41 Å². The van der Waals surface area contributed by atoms with Crippen LogP contribution in [-0.2, 0) is 20.8 Å². The van der Waals surface area contributed by atoms with Crippen LogP contribution < -0.4 is 10.2 Å². The molecule has 1 heterocycles. The minimum atomic E-state index is -2.19. The number of carboxylic acid groups (broad SMARTS) is 2. The first-order valence-electron chi connectivity index (χ1n) is 8.61. The van der Waals surface area contributed by atoms with Crippen LogP contribution in [0.2, 0.25) is 0 Å². The number of carboxylic acids is 2. The van der Waals surface area contributed by atoms with Gasteiger partial charge in [-0.3, -0.25) is 0 Å². The number of fused-ring (bicyclic) bond motifs is 2. The monoisotopic (exact) mass is 414 g/mol. The lowest BCUT2D eigenvalue weighted by Gasteiger charge is -2.30. The molecule has 0 spiro atoms. The summed E-state index contributed by atoms with van der Waals surface area (Å²) in [5.74, 6) is -3.44. The molecule has 2 aromatic rings. The zero-order chi connectivity index (χ0) is 20.7. The second-order valence-electron chi connectivity index (χ2n) is 6.59. The largest absolute Gasteiger partial charge is 0.543 e. The number of aliphatic carboxylic acids is 2. The minimum Gasteiger partial charge on any atom is -0.543 e. The summed E-state index contributed by atoms with van der Waals surface area (Å²) in [7, 11) is 4.13. The predicted molar refractivity (Wildman–Crippen MR) is 106 cm³/mol. The van der Waals surface area contributed by atoms with Crippen LogP contribution in [-0.4, -0.2) is 43.0 Å². The molecule has 2 N–H and O–H groups in total. The molecular weight excluding hydrogens is 392 g/mol. The maximum atomic E-state index is 10.2. The van der Waals surface area contributed by atoms with E-state index < -0.39 is 17.4 Å². The quantitative estimate of drug-likeness (QED) is 0.629. The molecule has 1 aliphatic heterocycles. The molecule has 0 aromatic heterocycles. The van der Waals surface area contributed by atoms with Crippen molar-refractivity contribution in [2.75, 3.05) is 20.6 Å². The van der Waals surface area contributed by atoms with Crippen LogP contribution in [0.25, 0.3) is 0 Å². The van der Waals surface area contributed by atoms with Crippen molar-refractivity contribution >= 4 is 23.7 Å². The van der Waals surface area contributed by atoms with Gasteiger partial charge in [0.2, 0.25) is 0 Å². The van der Waals surface area contributed by atoms with Gasteiger partial charge in [0.05, 0.1) is 18.0 Å². The third-order valence-electron chi connectivity index (χ3n) is 4.50. The Bertz CT molecular complexity index is 848. The van der Waals surface area contributed by atoms with Crippen molar-refractivity contribution in [3.05, 3.63) is 65.2 Å². The maximum Gasteiger partial charge on any atom is 0.110 e. The normalized spacial score (nSPS) is 16.6. The Kier molecular flexibility index (Phi) is 8.85. The lowest BCUT2D eigenvalue weighted by Crippen LogP contribution is -2.42. The van der Waals surface area contributed by atoms with Crippen molar-refractivity contribution in [2.24, 2.45) is 0 Å². The second kappa shape index (κ2) is 10.6. The summed E-state index contributed by atoms with van der Waals surface area (Å²) in [5.41, 5.74) is 3.07. The van der Waals surface area contributed by atoms with Crippen LogP contribution in [0.3, 0.4) is 0 Å². The Morgan fingerprint density at radius 2 is 1.62 bits per heavy atom. The molecule has 1 aliphatic rings. The highest BCUT2D eigenvalue weighted by atomic mass is 32.2. The maximum absolute atomic E-state index is 10.2. The topological polar surface area (TPSA) is 139 Å². The van der Waals surface area contributed by atoms with Crippen molar-refractivity contribution in [2.45, 2.75) is 22.5 Å². The van der Waals surface area contributed by atoms with E-state index in [9.17, 15) is 5.26 Å². The van der Waals surface area contributed by atoms with E-state index >= 15 is 0 Å². The van der Waals surface area contributed by atoms with Gasteiger partial charge in [-0.15, -0.1) is 11.8 Å². The third kappa shape index (κ3) is 5.57. The molecule has 3 rings (SSSR count). The number of thioether (sulfide) groups is 1. The zero-order valence-corrected chi connectivity index (χ0v) is 17.0. The van der Waals surface area contributed by atoms with Crippen molar-refractivity contribution in [1.82, 2.24) is 4.90 Å². The molecule has 29 heavy (non-hydrogen) atoms. The average molecular weight is 414 g/mol. The number of nitriles is 1. The molecule has 0 saturated carbocycles. The first-order chi connectivity index (χ1) is 13.3. The SMILES string of the molecule is CN(C)CCC1(C#N)c2ccccc2CSc2ccccc21.O.O=C([O-])C(=O)[O-]. The van der Waals surface area contributed by atoms with Crippen LogP contribution >= 0.6 is 11.8 Å². The summed E-state index contributed by atoms with van der Waals surface area (Å²) in [6, 6.07) is 19.5. The fourth-order valence-electron chi connectivity index (χ4n) is 3.15. The molecule has 0 aliphatic carbocycles. The summed E-state index contributed by atoms with van der Waals surface area (Å²) >= 11 is 1.84. The van der Waals surface area contributed by atoms with Crippen molar-refractivity contribution in [1.29, 1.82) is 5.26 Å². The molecule has 0 fully saturated rings. The van der Waals surface area contributed by atoms with E-state index in [1.165, 1.54) is 16.0 Å². The number of benzene rings is 2. The van der Waals surface area contributed by atoms with Crippen LogP contribution in [0.15, 0.2) is 53.4 Å². The van der Waals surface area contributed by atoms with E-state index in [0.717, 1.165) is 24.3 Å². The molecule has 0 amide bonds. The number of hydrogen-bond acceptors (Lipinski definition) is 7. The summed E-state index contributed by atoms with van der Waals surface area (Å²) in [4.78, 5) is 21.2. The van der Waals surface area contributed by atoms with Crippen LogP contribution in [0.1, 0.15) is 23.1 Å². The molecule has 0 bridgehead atoms. The number of carbonyl (C=O) groups excluding carboxylic acids is 2. The standard InChI is InChI=1S/C19H20N2S.C2H2O4.H2O/c1-21(2)12-11-19(14-20)16-8-4-3-7-15(16)13-22-18-10-6-5-9-17(18)19;3-1(4)2(5)6;/h3-10H,11-13H2,1-2H3;(H,3,4)(H,5,6);1H2/p-2. The van der Waals surface area contributed by atoms with Crippen molar-refractivity contribution < 1.29 is 25.3 Å². The van der Waals surface area contributed by atoms with Gasteiger partial charge in [0.15, 0.2) is 0 Å². The Hall–Kier alpha value is -2.86. The average Bonchev–Trinajstić information content (AvgIpc) is 2.82. The number of hydrogen-bond donors (Lipinski definition) is 0. The molecule has 1 unspecified atom stereocenters. The first kappa shape index (κ1) is 24.2. The van der Waals surface area contributed by atoms with E-state index in [1.54, 1.807) is 0 Å². The summed E-state index contributed by atoms with van der Waals surface area (Å²) in [5, 5.41) is 28.0. The van der Waals surface area contributed by atoms with Gasteiger partial charge < -0.3 is 30.2 Å². The van der Waals surface area contributed by atoms with E-state index in [1.807, 2.05) is 11.8 Å². The molecular formula is C21H22N2O5S-2. The third-order valence-corrected chi connectivity index (χ3v) is 5.62. The zero-order valence-electron chi connectivity index (χ0n) is 16.2. The molecule has 0 radical (unpaired) electrons. The fourth-order valence-corrected chi connectivity index (χ4v) is 4.28. The number of carbonyl (C=O) groups is 2. The van der Waals surface area contributed by atoms with Gasteiger partial charge in [-0.05, 0) is 49.8 Å². The lowest BCUT2D eigenvalue weighted by molar-refractivity contribution is -0.345. The Morgan fingerprint density at radius 1 is 1.07 bits per heavy atom. The van der Waals surface area contributed by atoms with Gasteiger partial charge in [-0.25, -0.2) is 0 Å². The Morgan fingerprint density at radius 3 is 2.17 bits per heavy atom. The molecule has 8 heteroatoms. The summed E-state index contributed by atoms with van der Waals surface area (Å²) < 4.78 is 0. The van der Waals surface area contributed by atoms with Gasteiger partial charge in [0.25, 0.3) is 0 Å². The highest BCUT2D eigenvalue weighted by Crippen LogP contribution is 2.46. The van der Waals surface area contributed by atoms with Gasteiger partial charge in [-0.2, -0.15) is 5.26 Å². The minimum absolute atomic E-state index is 0. The molecule has 0 saturated heterocycles. The smallest absolute Gasteiger partial charge is 0.110 e. The summed E-state index contributed by atoms with van der Waals surface area (Å²) in [6.07, 6.45) is 0.811. The molecule has 7 nitrogen and oxygen atoms in total. The van der Waals surface area contributed by atoms with Gasteiger partial charge in [-0.1, -0.05) is 42.5 Å². The summed E-state index contributed by atoms with van der Waals surface area (Å²) in [6.45, 7) is 0.890. The van der Waals surface area contributed by atoms with E-state index in [2.05, 4.69) is 73.6 Å². The number of rotatable bonds is 3. The molecule has 154 valence electrons. The fraction of sp³-hybridized carbons (Fsp3) is 0.286. The highest BCUT2D eigenvalue weighted by molar-refractivity contribution is 7.98. The lowest BCUT2D eigenvalue weighted by atomic mass is 9.71. The molecule has 2 aromatic carbocycles. The van der Waals surface area contributed by atoms with E-state index in [4.69, 9.17) is 19.8 Å². The van der Waals surface area contributed by atoms with Crippen LogP contribution in [0, 0.1) is 11.3 Å². The molecule has 1 atom stereocenters. The van der Waals surface area contributed by atoms with Crippen LogP contribution in [0.5, 0.6) is 0 Å². The van der Waals surface area contributed by atoms with E-state index in [-0.39, 0.29) is 5.48 Å². The Balaban J connectivity index is 0.000000529. The highest BCUT2D eigenvalue weighted by Gasteiger charge is 2.39. The predicted octanol–water partition coefficient (Wildman–Crippen LogP) is -0.285. The van der Waals surface area contributed by atoms with E-state index in [0.29, 0.717) is 0 Å². The van der Waals surface area contributed by atoms with Gasteiger partial charge >= 0.3 is 0 Å².